The highest BCUT2D eigenvalue weighted by Gasteiger charge is 2.23. The van der Waals surface area contributed by atoms with Gasteiger partial charge in [0.1, 0.15) is 0 Å². The van der Waals surface area contributed by atoms with Crippen molar-refractivity contribution in [3.8, 4) is 22.6 Å². The van der Waals surface area contributed by atoms with Crippen molar-refractivity contribution in [3.05, 3.63) is 65.9 Å². The number of aromatic nitrogens is 5. The van der Waals surface area contributed by atoms with Crippen molar-refractivity contribution < 1.29 is 4.79 Å². The summed E-state index contributed by atoms with van der Waals surface area (Å²) in [7, 11) is 1.85. The van der Waals surface area contributed by atoms with E-state index in [0.717, 1.165) is 28.1 Å². The maximum absolute atomic E-state index is 12.1. The predicted molar refractivity (Wildman–Crippen MR) is 126 cm³/mol. The molecule has 1 amide bonds. The van der Waals surface area contributed by atoms with E-state index >= 15 is 0 Å². The lowest BCUT2D eigenvalue weighted by atomic mass is 10.1. The summed E-state index contributed by atoms with van der Waals surface area (Å²) in [5, 5.41) is 7.89. The number of aryl methyl sites for hydroxylation is 1. The van der Waals surface area contributed by atoms with Crippen LogP contribution in [-0.2, 0) is 24.9 Å². The van der Waals surface area contributed by atoms with E-state index < -0.39 is 0 Å². The number of hydrogen-bond acceptors (Lipinski definition) is 7. The van der Waals surface area contributed by atoms with E-state index in [-0.39, 0.29) is 11.9 Å². The first-order valence-electron chi connectivity index (χ1n) is 10.8. The van der Waals surface area contributed by atoms with Crippen molar-refractivity contribution in [1.82, 2.24) is 29.6 Å². The standard InChI is InChI=1S/C24H24N8O/c1-3-21(33)32-13-17-5-4-16(12-18(17)14-32)22-29-24(31(2)30-22)27-19-8-6-15(7-9-19)20-10-11-26-23(25)28-20/h4-12H,3,13-14H2,1-2H3,(H2,25,26,28)(H,27,29,30). The summed E-state index contributed by atoms with van der Waals surface area (Å²) < 4.78 is 1.72. The number of nitrogens with two attached hydrogens (primary N) is 1. The van der Waals surface area contributed by atoms with Crippen LogP contribution >= 0.6 is 0 Å². The van der Waals surface area contributed by atoms with E-state index in [2.05, 4.69) is 37.5 Å². The van der Waals surface area contributed by atoms with Gasteiger partial charge in [0.15, 0.2) is 5.82 Å². The largest absolute Gasteiger partial charge is 0.368 e. The fourth-order valence-electron chi connectivity index (χ4n) is 3.94. The maximum atomic E-state index is 12.1. The molecule has 9 nitrogen and oxygen atoms in total. The number of carbonyl (C=O) groups is 1. The second-order valence-electron chi connectivity index (χ2n) is 7.97. The van der Waals surface area contributed by atoms with Crippen LogP contribution in [0.25, 0.3) is 22.6 Å². The van der Waals surface area contributed by atoms with Gasteiger partial charge in [0, 0.05) is 49.6 Å². The Labute approximate surface area is 191 Å². The van der Waals surface area contributed by atoms with Gasteiger partial charge < -0.3 is 16.0 Å². The third-order valence-electron chi connectivity index (χ3n) is 5.72. The average Bonchev–Trinajstić information content (AvgIpc) is 3.42. The first kappa shape index (κ1) is 20.6. The third kappa shape index (κ3) is 4.12. The molecule has 2 aromatic heterocycles. The minimum absolute atomic E-state index is 0.171. The fourth-order valence-corrected chi connectivity index (χ4v) is 3.94. The van der Waals surface area contributed by atoms with Crippen LogP contribution in [0.15, 0.2) is 54.7 Å². The number of nitrogens with one attached hydrogen (secondary N) is 1. The first-order chi connectivity index (χ1) is 16.0. The van der Waals surface area contributed by atoms with Gasteiger partial charge in [-0.25, -0.2) is 14.6 Å². The van der Waals surface area contributed by atoms with Gasteiger partial charge in [0.05, 0.1) is 5.69 Å². The zero-order chi connectivity index (χ0) is 22.9. The molecule has 0 atom stereocenters. The molecule has 0 unspecified atom stereocenters. The molecular weight excluding hydrogens is 416 g/mol. The second-order valence-corrected chi connectivity index (χ2v) is 7.97. The maximum Gasteiger partial charge on any atom is 0.225 e. The van der Waals surface area contributed by atoms with Crippen molar-refractivity contribution >= 4 is 23.5 Å². The summed E-state index contributed by atoms with van der Waals surface area (Å²) in [5.41, 5.74) is 11.5. The zero-order valence-electron chi connectivity index (χ0n) is 18.5. The average molecular weight is 441 g/mol. The van der Waals surface area contributed by atoms with E-state index in [1.54, 1.807) is 10.9 Å². The molecule has 166 valence electrons. The highest BCUT2D eigenvalue weighted by molar-refractivity contribution is 5.77. The molecule has 9 heteroatoms. The van der Waals surface area contributed by atoms with Crippen molar-refractivity contribution in [3.63, 3.8) is 0 Å². The summed E-state index contributed by atoms with van der Waals surface area (Å²) in [6.45, 7) is 3.20. The topological polar surface area (TPSA) is 115 Å². The normalized spacial score (nSPS) is 12.6. The Morgan fingerprint density at radius 2 is 1.79 bits per heavy atom. The number of anilines is 3. The summed E-state index contributed by atoms with van der Waals surface area (Å²) in [5.74, 6) is 1.69. The van der Waals surface area contributed by atoms with Crippen LogP contribution in [0.5, 0.6) is 0 Å². The van der Waals surface area contributed by atoms with E-state index in [1.807, 2.05) is 55.3 Å². The van der Waals surface area contributed by atoms with Crippen LogP contribution in [0.3, 0.4) is 0 Å². The van der Waals surface area contributed by atoms with Gasteiger partial charge in [-0.2, -0.15) is 4.98 Å². The van der Waals surface area contributed by atoms with Crippen molar-refractivity contribution in [2.75, 3.05) is 11.1 Å². The number of nitrogens with zero attached hydrogens (tertiary/aromatic N) is 6. The van der Waals surface area contributed by atoms with Crippen molar-refractivity contribution in [2.45, 2.75) is 26.4 Å². The highest BCUT2D eigenvalue weighted by atomic mass is 16.2. The smallest absolute Gasteiger partial charge is 0.225 e. The molecule has 0 saturated carbocycles. The number of fused-ring (bicyclic) bond motifs is 1. The summed E-state index contributed by atoms with van der Waals surface area (Å²) in [6, 6.07) is 15.8. The minimum Gasteiger partial charge on any atom is -0.368 e. The first-order valence-corrected chi connectivity index (χ1v) is 10.8. The van der Waals surface area contributed by atoms with Gasteiger partial charge >= 0.3 is 0 Å². The Hall–Kier alpha value is -4.27. The Balaban J connectivity index is 1.33. The molecule has 3 heterocycles. The molecule has 1 aliphatic heterocycles. The third-order valence-corrected chi connectivity index (χ3v) is 5.72. The highest BCUT2D eigenvalue weighted by Crippen LogP contribution is 2.29. The van der Waals surface area contributed by atoms with Crippen molar-refractivity contribution in [1.29, 1.82) is 0 Å². The second kappa shape index (κ2) is 8.34. The fraction of sp³-hybridized carbons (Fsp3) is 0.208. The number of carbonyl (C=O) groups excluding carboxylic acids is 1. The number of amides is 1. The lowest BCUT2D eigenvalue weighted by Gasteiger charge is -2.13. The molecule has 5 rings (SSSR count). The summed E-state index contributed by atoms with van der Waals surface area (Å²) in [4.78, 5) is 26.8. The molecule has 0 fully saturated rings. The van der Waals surface area contributed by atoms with Gasteiger partial charge in [-0.3, -0.25) is 4.79 Å². The van der Waals surface area contributed by atoms with E-state index in [4.69, 9.17) is 5.73 Å². The Bertz CT molecular complexity index is 1330. The molecule has 3 N–H and O–H groups in total. The van der Waals surface area contributed by atoms with Gasteiger partial charge in [0.2, 0.25) is 17.8 Å². The SMILES string of the molecule is CCC(=O)N1Cc2ccc(-c3nc(Nc4ccc(-c5ccnc(N)n5)cc4)n(C)n3)cc2C1. The predicted octanol–water partition coefficient (Wildman–Crippen LogP) is 3.52. The number of benzene rings is 2. The molecule has 0 radical (unpaired) electrons. The van der Waals surface area contributed by atoms with Crippen LogP contribution < -0.4 is 11.1 Å². The lowest BCUT2D eigenvalue weighted by Crippen LogP contribution is -2.23. The van der Waals surface area contributed by atoms with E-state index in [1.165, 1.54) is 5.56 Å². The molecular formula is C24H24N8O. The Kier molecular flexibility index (Phi) is 5.21. The van der Waals surface area contributed by atoms with Gasteiger partial charge in [0.25, 0.3) is 0 Å². The lowest BCUT2D eigenvalue weighted by molar-refractivity contribution is -0.131. The van der Waals surface area contributed by atoms with E-state index in [0.29, 0.717) is 31.3 Å². The number of hydrogen-bond donors (Lipinski definition) is 2. The molecule has 0 bridgehead atoms. The number of nitrogen functional groups attached to an aromatic ring is 1. The minimum atomic E-state index is 0.171. The zero-order valence-corrected chi connectivity index (χ0v) is 18.5. The molecule has 0 aliphatic carbocycles. The van der Waals surface area contributed by atoms with Crippen LogP contribution in [0.1, 0.15) is 24.5 Å². The molecule has 0 saturated heterocycles. The molecule has 2 aromatic carbocycles. The Morgan fingerprint density at radius 1 is 1.03 bits per heavy atom. The summed E-state index contributed by atoms with van der Waals surface area (Å²) >= 11 is 0. The van der Waals surface area contributed by atoms with E-state index in [9.17, 15) is 4.79 Å². The van der Waals surface area contributed by atoms with Crippen LogP contribution in [0.2, 0.25) is 0 Å². The van der Waals surface area contributed by atoms with Gasteiger partial charge in [-0.05, 0) is 35.4 Å². The van der Waals surface area contributed by atoms with Crippen LogP contribution in [-0.4, -0.2) is 35.5 Å². The quantitative estimate of drug-likeness (QED) is 0.488. The molecule has 0 spiro atoms. The van der Waals surface area contributed by atoms with Gasteiger partial charge in [-0.15, -0.1) is 5.10 Å². The van der Waals surface area contributed by atoms with Crippen LogP contribution in [0.4, 0.5) is 17.6 Å². The summed E-state index contributed by atoms with van der Waals surface area (Å²) in [6.07, 6.45) is 2.16. The monoisotopic (exact) mass is 440 g/mol. The number of rotatable bonds is 5. The Morgan fingerprint density at radius 3 is 2.55 bits per heavy atom. The van der Waals surface area contributed by atoms with Gasteiger partial charge in [-0.1, -0.05) is 31.2 Å². The molecule has 4 aromatic rings. The molecule has 1 aliphatic rings. The van der Waals surface area contributed by atoms with Crippen LogP contribution in [0, 0.1) is 0 Å². The van der Waals surface area contributed by atoms with Crippen molar-refractivity contribution in [2.24, 2.45) is 7.05 Å². The molecule has 33 heavy (non-hydrogen) atoms.